The number of aliphatic hydroxyl groups excluding tert-OH is 2. The van der Waals surface area contributed by atoms with Crippen LogP contribution in [0.15, 0.2) is 41.4 Å². The smallest absolute Gasteiger partial charge is 0.462 e. The molecule has 1 aromatic rings. The number of rotatable bonds is 42. The molecule has 0 aliphatic carbocycles. The summed E-state index contributed by atoms with van der Waals surface area (Å²) in [6, 6.07) is 1.25. The SMILES string of the molecule is CCCCCC/C=C\CCCCCCCCCC(=O)OC[C@H](COP(=O)(O)OP(=O)(O)OC[C@H]1O[C@@H](n2ccc(N)nc2=O)C(O)[C@H]1O)OC(=O)CCCCCCCCC/C=C\CCCCCC. The van der Waals surface area contributed by atoms with Crippen LogP contribution in [-0.4, -0.2) is 85.7 Å². The van der Waals surface area contributed by atoms with Crippen LogP contribution in [0.5, 0.6) is 0 Å². The molecule has 0 aromatic carbocycles. The third kappa shape index (κ3) is 29.4. The number of carbonyl (C=O) groups excluding carboxylic acids is 2. The van der Waals surface area contributed by atoms with Gasteiger partial charge in [-0.1, -0.05) is 141 Å². The molecule has 0 saturated carbocycles. The number of nitrogens with two attached hydrogens (primary N) is 1. The highest BCUT2D eigenvalue weighted by atomic mass is 31.3. The number of nitrogen functional groups attached to an aromatic ring is 1. The molecular weight excluding hydrogens is 920 g/mol. The first kappa shape index (κ1) is 61.4. The molecule has 2 heterocycles. The van der Waals surface area contributed by atoms with E-state index in [2.05, 4.69) is 47.4 Å². The van der Waals surface area contributed by atoms with Gasteiger partial charge in [-0.3, -0.25) is 23.2 Å². The van der Waals surface area contributed by atoms with Crippen LogP contribution in [0.1, 0.15) is 200 Å². The summed E-state index contributed by atoms with van der Waals surface area (Å²) in [4.78, 5) is 61.9. The van der Waals surface area contributed by atoms with E-state index in [4.69, 9.17) is 29.0 Å². The van der Waals surface area contributed by atoms with Crippen molar-refractivity contribution in [2.75, 3.05) is 25.6 Å². The Kier molecular flexibility index (Phi) is 33.5. The number of esters is 2. The van der Waals surface area contributed by atoms with Crippen molar-refractivity contribution in [3.05, 3.63) is 47.1 Å². The summed E-state index contributed by atoms with van der Waals surface area (Å²) in [5.41, 5.74) is 4.59. The first-order valence-electron chi connectivity index (χ1n) is 25.3. The zero-order chi connectivity index (χ0) is 49.9. The lowest BCUT2D eigenvalue weighted by atomic mass is 10.1. The highest BCUT2D eigenvalue weighted by Gasteiger charge is 2.46. The van der Waals surface area contributed by atoms with Crippen molar-refractivity contribution in [1.29, 1.82) is 0 Å². The molecule has 2 rings (SSSR count). The molecule has 68 heavy (non-hydrogen) atoms. The number of ether oxygens (including phenoxy) is 3. The third-order valence-electron chi connectivity index (χ3n) is 11.5. The molecule has 1 aromatic heterocycles. The van der Waals surface area contributed by atoms with Crippen LogP contribution >= 0.6 is 15.6 Å². The molecule has 1 aliphatic heterocycles. The minimum Gasteiger partial charge on any atom is -0.462 e. The van der Waals surface area contributed by atoms with Crippen LogP contribution in [0.3, 0.4) is 0 Å². The lowest BCUT2D eigenvalue weighted by molar-refractivity contribution is -0.161. The quantitative estimate of drug-likeness (QED) is 0.0176. The number of hydrogen-bond acceptors (Lipinski definition) is 15. The molecule has 1 fully saturated rings. The van der Waals surface area contributed by atoms with Crippen LogP contribution in [-0.2, 0) is 46.3 Å². The number of phosphoric ester groups is 2. The summed E-state index contributed by atoms with van der Waals surface area (Å²) in [6.07, 6.45) is 31.1. The molecule has 1 saturated heterocycles. The van der Waals surface area contributed by atoms with E-state index in [1.165, 1.54) is 70.1 Å². The molecule has 7 atom stereocenters. The van der Waals surface area contributed by atoms with Gasteiger partial charge in [-0.25, -0.2) is 13.9 Å². The average molecular weight is 1010 g/mol. The molecule has 0 radical (unpaired) electrons. The van der Waals surface area contributed by atoms with E-state index in [1.807, 2.05) is 0 Å². The first-order valence-corrected chi connectivity index (χ1v) is 28.3. The highest BCUT2D eigenvalue weighted by molar-refractivity contribution is 7.61. The molecule has 18 nitrogen and oxygen atoms in total. The number of unbranched alkanes of at least 4 members (excludes halogenated alkanes) is 22. The Morgan fingerprint density at radius 2 is 1.15 bits per heavy atom. The Balaban J connectivity index is 1.80. The maximum absolute atomic E-state index is 12.8. The van der Waals surface area contributed by atoms with Gasteiger partial charge in [0.15, 0.2) is 12.3 Å². The highest BCUT2D eigenvalue weighted by Crippen LogP contribution is 2.60. The van der Waals surface area contributed by atoms with Crippen LogP contribution in [0, 0.1) is 0 Å². The van der Waals surface area contributed by atoms with Gasteiger partial charge in [0.05, 0.1) is 13.2 Å². The van der Waals surface area contributed by atoms with Crippen LogP contribution < -0.4 is 11.4 Å². The van der Waals surface area contributed by atoms with Gasteiger partial charge in [0.2, 0.25) is 0 Å². The van der Waals surface area contributed by atoms with Gasteiger partial charge in [0.25, 0.3) is 0 Å². The summed E-state index contributed by atoms with van der Waals surface area (Å²) in [6.45, 7) is 2.13. The Bertz CT molecular complexity index is 1730. The van der Waals surface area contributed by atoms with Crippen molar-refractivity contribution in [2.24, 2.45) is 0 Å². The number of carbonyl (C=O) groups is 2. The van der Waals surface area contributed by atoms with Gasteiger partial charge in [0.1, 0.15) is 30.7 Å². The summed E-state index contributed by atoms with van der Waals surface area (Å²) in [5, 5.41) is 20.9. The van der Waals surface area contributed by atoms with Crippen LogP contribution in [0.4, 0.5) is 5.82 Å². The zero-order valence-corrected chi connectivity index (χ0v) is 42.7. The Hall–Kier alpha value is -2.76. The van der Waals surface area contributed by atoms with Crippen LogP contribution in [0.25, 0.3) is 0 Å². The molecule has 20 heteroatoms. The van der Waals surface area contributed by atoms with E-state index in [9.17, 15) is 43.5 Å². The summed E-state index contributed by atoms with van der Waals surface area (Å²) in [7, 11) is -10.8. The summed E-state index contributed by atoms with van der Waals surface area (Å²) < 4.78 is 56.8. The number of anilines is 1. The molecule has 6 N–H and O–H groups in total. The fourth-order valence-electron chi connectivity index (χ4n) is 7.54. The van der Waals surface area contributed by atoms with E-state index in [-0.39, 0.29) is 18.7 Å². The molecule has 0 bridgehead atoms. The molecule has 0 amide bonds. The van der Waals surface area contributed by atoms with Crippen LogP contribution in [0.2, 0.25) is 0 Å². The van der Waals surface area contributed by atoms with Crippen molar-refractivity contribution < 1.29 is 66.3 Å². The second kappa shape index (κ2) is 37.1. The summed E-state index contributed by atoms with van der Waals surface area (Å²) >= 11 is 0. The van der Waals surface area contributed by atoms with Gasteiger partial charge in [-0.2, -0.15) is 9.29 Å². The number of aliphatic hydroxyl groups is 2. The zero-order valence-electron chi connectivity index (χ0n) is 40.9. The normalized spacial score (nSPS) is 19.6. The van der Waals surface area contributed by atoms with E-state index in [0.29, 0.717) is 12.8 Å². The molecule has 1 aliphatic rings. The molecular formula is C48H85N3O15P2. The monoisotopic (exact) mass is 1010 g/mol. The fourth-order valence-corrected chi connectivity index (χ4v) is 9.65. The fraction of sp³-hybridized carbons (Fsp3) is 0.792. The van der Waals surface area contributed by atoms with E-state index in [0.717, 1.165) is 101 Å². The Morgan fingerprint density at radius 1 is 0.691 bits per heavy atom. The minimum atomic E-state index is -5.42. The van der Waals surface area contributed by atoms with Gasteiger partial charge in [-0.15, -0.1) is 0 Å². The predicted octanol–water partition coefficient (Wildman–Crippen LogP) is 10.2. The first-order chi connectivity index (χ1) is 32.7. The van der Waals surface area contributed by atoms with Gasteiger partial charge < -0.3 is 39.9 Å². The van der Waals surface area contributed by atoms with Crippen molar-refractivity contribution >= 4 is 33.4 Å². The van der Waals surface area contributed by atoms with E-state index in [1.54, 1.807) is 0 Å². The number of aromatic nitrogens is 2. The second-order valence-corrected chi connectivity index (χ2v) is 20.7. The van der Waals surface area contributed by atoms with Gasteiger partial charge >= 0.3 is 33.3 Å². The lowest BCUT2D eigenvalue weighted by Crippen LogP contribution is -2.36. The lowest BCUT2D eigenvalue weighted by Gasteiger charge is -2.21. The standard InChI is InChI=1S/C48H85N3O15P2/c1-3-5-7-9-11-13-15-17-19-21-23-25-27-29-31-33-43(52)61-37-40(64-44(53)34-32-30-28-26-24-22-20-18-16-14-12-10-8-6-4-2)38-62-67(57,58)66-68(59,60)63-39-41-45(54)46(55)47(65-41)51-36-35-42(49)50-48(51)56/h13-16,35-36,40-41,45-47,54-55H,3-12,17-34,37-39H2,1-2H3,(H,57,58)(H,59,60)(H2,49,50,56)/b15-13-,16-14-/t40-,41-,45+,46?,47-/m1/s1. The third-order valence-corrected chi connectivity index (χ3v) is 14.1. The topological polar surface area (TPSA) is 265 Å². The second-order valence-electron chi connectivity index (χ2n) is 17.7. The van der Waals surface area contributed by atoms with Gasteiger partial charge in [-0.05, 0) is 70.3 Å². The van der Waals surface area contributed by atoms with Crippen molar-refractivity contribution in [3.8, 4) is 0 Å². The molecule has 0 spiro atoms. The Morgan fingerprint density at radius 3 is 1.65 bits per heavy atom. The van der Waals surface area contributed by atoms with Crippen molar-refractivity contribution in [2.45, 2.75) is 224 Å². The maximum atomic E-state index is 12.8. The number of nitrogens with zero attached hydrogens (tertiary/aromatic N) is 2. The molecule has 3 unspecified atom stereocenters. The average Bonchev–Trinajstić information content (AvgIpc) is 3.57. The maximum Gasteiger partial charge on any atom is 0.481 e. The Labute approximate surface area is 405 Å². The van der Waals surface area contributed by atoms with E-state index >= 15 is 0 Å². The minimum absolute atomic E-state index is 0.0460. The van der Waals surface area contributed by atoms with Gasteiger partial charge in [0, 0.05) is 19.0 Å². The largest absolute Gasteiger partial charge is 0.481 e. The number of allylic oxidation sites excluding steroid dienone is 4. The number of hydrogen-bond donors (Lipinski definition) is 5. The van der Waals surface area contributed by atoms with Crippen molar-refractivity contribution in [3.63, 3.8) is 0 Å². The predicted molar refractivity (Wildman–Crippen MR) is 261 cm³/mol. The van der Waals surface area contributed by atoms with Crippen molar-refractivity contribution in [1.82, 2.24) is 9.55 Å². The summed E-state index contributed by atoms with van der Waals surface area (Å²) in [5.74, 6) is -1.30. The molecule has 392 valence electrons. The number of phosphoric acid groups is 2. The van der Waals surface area contributed by atoms with E-state index < -0.39 is 83.7 Å².